The summed E-state index contributed by atoms with van der Waals surface area (Å²) < 4.78 is 5.36. The summed E-state index contributed by atoms with van der Waals surface area (Å²) in [6, 6.07) is 13.2. The van der Waals surface area contributed by atoms with Crippen LogP contribution in [0, 0.1) is 6.92 Å². The van der Waals surface area contributed by atoms with Crippen LogP contribution in [0.25, 0.3) is 0 Å². The van der Waals surface area contributed by atoms with Crippen LogP contribution >= 0.6 is 0 Å². The molecule has 0 saturated carbocycles. The molecule has 2 aliphatic heterocycles. The number of carbonyl (C=O) groups excluding carboxylic acids is 2. The van der Waals surface area contributed by atoms with Gasteiger partial charge in [0.15, 0.2) is 0 Å². The van der Waals surface area contributed by atoms with Gasteiger partial charge >= 0.3 is 6.03 Å². The van der Waals surface area contributed by atoms with Gasteiger partial charge in [-0.3, -0.25) is 4.79 Å². The molecule has 1 N–H and O–H groups in total. The van der Waals surface area contributed by atoms with E-state index in [1.54, 1.807) is 24.0 Å². The highest BCUT2D eigenvalue weighted by molar-refractivity contribution is 6.09. The van der Waals surface area contributed by atoms with Crippen molar-refractivity contribution in [3.63, 3.8) is 0 Å². The van der Waals surface area contributed by atoms with E-state index in [1.165, 1.54) is 0 Å². The van der Waals surface area contributed by atoms with Gasteiger partial charge in [-0.1, -0.05) is 18.2 Å². The van der Waals surface area contributed by atoms with E-state index in [4.69, 9.17) is 4.74 Å². The fraction of sp³-hybridized carbons (Fsp3) is 0.333. The molecule has 3 amide bonds. The number of rotatable bonds is 2. The molecule has 2 aliphatic rings. The number of hydrogen-bond acceptors (Lipinski definition) is 3. The van der Waals surface area contributed by atoms with Gasteiger partial charge in [0.25, 0.3) is 0 Å². The minimum absolute atomic E-state index is 0.0388. The lowest BCUT2D eigenvalue weighted by Gasteiger charge is -2.24. The molecular formula is C21H23N3O3. The number of para-hydroxylation sites is 1. The Kier molecular flexibility index (Phi) is 4.06. The largest absolute Gasteiger partial charge is 0.497 e. The quantitative estimate of drug-likeness (QED) is 0.889. The zero-order valence-corrected chi connectivity index (χ0v) is 15.8. The first-order valence-corrected chi connectivity index (χ1v) is 9.04. The SMILES string of the molecule is COc1ccc2c(c1)[C@@]1(CCN(C(=O)Nc3ccccc3C)C1)C(=O)N2C. The molecule has 6 nitrogen and oxygen atoms in total. The van der Waals surface area contributed by atoms with Crippen LogP contribution in [0.15, 0.2) is 42.5 Å². The third kappa shape index (κ3) is 2.63. The van der Waals surface area contributed by atoms with Crippen molar-refractivity contribution >= 4 is 23.3 Å². The van der Waals surface area contributed by atoms with E-state index in [9.17, 15) is 9.59 Å². The lowest BCUT2D eigenvalue weighted by Crippen LogP contribution is -2.43. The van der Waals surface area contributed by atoms with Crippen molar-refractivity contribution in [3.8, 4) is 5.75 Å². The maximum Gasteiger partial charge on any atom is 0.321 e. The Morgan fingerprint density at radius 1 is 1.22 bits per heavy atom. The maximum absolute atomic E-state index is 13.1. The smallest absolute Gasteiger partial charge is 0.321 e. The second-order valence-corrected chi connectivity index (χ2v) is 7.25. The third-order valence-corrected chi connectivity index (χ3v) is 5.74. The van der Waals surface area contributed by atoms with Crippen LogP contribution < -0.4 is 15.0 Å². The number of methoxy groups -OCH3 is 1. The van der Waals surface area contributed by atoms with Crippen LogP contribution in [0.1, 0.15) is 17.5 Å². The lowest BCUT2D eigenvalue weighted by atomic mass is 9.81. The highest BCUT2D eigenvalue weighted by atomic mass is 16.5. The summed E-state index contributed by atoms with van der Waals surface area (Å²) in [5.74, 6) is 0.760. The van der Waals surface area contributed by atoms with Gasteiger partial charge in [-0.2, -0.15) is 0 Å². The molecule has 1 spiro atoms. The second kappa shape index (κ2) is 6.30. The maximum atomic E-state index is 13.1. The monoisotopic (exact) mass is 365 g/mol. The Hall–Kier alpha value is -3.02. The van der Waals surface area contributed by atoms with E-state index in [0.29, 0.717) is 19.5 Å². The predicted octanol–water partition coefficient (Wildman–Crippen LogP) is 3.16. The number of benzene rings is 2. The number of aryl methyl sites for hydroxylation is 1. The Morgan fingerprint density at radius 2 is 2.00 bits per heavy atom. The lowest BCUT2D eigenvalue weighted by molar-refractivity contribution is -0.122. The van der Waals surface area contributed by atoms with Gasteiger partial charge in [-0.25, -0.2) is 4.79 Å². The summed E-state index contributed by atoms with van der Waals surface area (Å²) in [5.41, 5.74) is 2.94. The van der Waals surface area contributed by atoms with E-state index in [-0.39, 0.29) is 11.9 Å². The summed E-state index contributed by atoms with van der Waals surface area (Å²) in [6.07, 6.45) is 0.609. The third-order valence-electron chi connectivity index (χ3n) is 5.74. The Bertz CT molecular complexity index is 927. The van der Waals surface area contributed by atoms with Crippen molar-refractivity contribution in [2.75, 3.05) is 37.5 Å². The number of likely N-dealkylation sites (N-methyl/N-ethyl adjacent to an activating group) is 1. The standard InChI is InChI=1S/C21H23N3O3/c1-14-6-4-5-7-17(14)22-20(26)24-11-10-21(13-24)16-12-15(27-3)8-9-18(16)23(2)19(21)25/h4-9,12H,10-11,13H2,1-3H3,(H,22,26)/t21-/m0/s1. The van der Waals surface area contributed by atoms with Crippen molar-refractivity contribution < 1.29 is 14.3 Å². The summed E-state index contributed by atoms with van der Waals surface area (Å²) in [7, 11) is 3.41. The Morgan fingerprint density at radius 3 is 2.74 bits per heavy atom. The van der Waals surface area contributed by atoms with Gasteiger partial charge < -0.3 is 19.9 Å². The molecule has 140 valence electrons. The fourth-order valence-corrected chi connectivity index (χ4v) is 4.15. The van der Waals surface area contributed by atoms with Crippen molar-refractivity contribution in [1.82, 2.24) is 4.90 Å². The van der Waals surface area contributed by atoms with Crippen LogP contribution in [0.2, 0.25) is 0 Å². The Balaban J connectivity index is 1.61. The van der Waals surface area contributed by atoms with Crippen LogP contribution in [0.3, 0.4) is 0 Å². The first-order valence-electron chi connectivity index (χ1n) is 9.04. The molecule has 4 rings (SSSR count). The minimum atomic E-state index is -0.693. The molecule has 1 fully saturated rings. The molecule has 2 aromatic rings. The second-order valence-electron chi connectivity index (χ2n) is 7.25. The summed E-state index contributed by atoms with van der Waals surface area (Å²) in [4.78, 5) is 29.3. The molecular weight excluding hydrogens is 342 g/mol. The number of hydrogen-bond donors (Lipinski definition) is 1. The molecule has 0 aliphatic carbocycles. The number of nitrogens with one attached hydrogen (secondary N) is 1. The van der Waals surface area contributed by atoms with E-state index in [1.807, 2.05) is 49.4 Å². The van der Waals surface area contributed by atoms with Gasteiger partial charge in [-0.05, 0) is 48.7 Å². The van der Waals surface area contributed by atoms with Crippen LogP contribution in [-0.4, -0.2) is 44.1 Å². The van der Waals surface area contributed by atoms with Crippen molar-refractivity contribution in [2.24, 2.45) is 0 Å². The molecule has 0 unspecified atom stereocenters. The number of anilines is 2. The summed E-state index contributed by atoms with van der Waals surface area (Å²) in [5, 5.41) is 2.97. The molecule has 2 aromatic carbocycles. The van der Waals surface area contributed by atoms with E-state index in [0.717, 1.165) is 28.3 Å². The van der Waals surface area contributed by atoms with Crippen LogP contribution in [-0.2, 0) is 10.2 Å². The van der Waals surface area contributed by atoms with Gasteiger partial charge in [-0.15, -0.1) is 0 Å². The number of nitrogens with zero attached hydrogens (tertiary/aromatic N) is 2. The van der Waals surface area contributed by atoms with E-state index in [2.05, 4.69) is 5.32 Å². The number of amides is 3. The van der Waals surface area contributed by atoms with Gasteiger partial charge in [0.1, 0.15) is 5.75 Å². The van der Waals surface area contributed by atoms with Crippen molar-refractivity contribution in [1.29, 1.82) is 0 Å². The molecule has 0 bridgehead atoms. The molecule has 27 heavy (non-hydrogen) atoms. The highest BCUT2D eigenvalue weighted by Gasteiger charge is 2.54. The molecule has 1 atom stereocenters. The average Bonchev–Trinajstić information content (AvgIpc) is 3.21. The number of fused-ring (bicyclic) bond motifs is 2. The van der Waals surface area contributed by atoms with Crippen molar-refractivity contribution in [3.05, 3.63) is 53.6 Å². The molecule has 0 aromatic heterocycles. The first-order chi connectivity index (χ1) is 13.0. The highest BCUT2D eigenvalue weighted by Crippen LogP contribution is 2.48. The van der Waals surface area contributed by atoms with Crippen LogP contribution in [0.5, 0.6) is 5.75 Å². The predicted molar refractivity (Wildman–Crippen MR) is 104 cm³/mol. The number of urea groups is 1. The zero-order valence-electron chi connectivity index (χ0n) is 15.8. The van der Waals surface area contributed by atoms with Crippen LogP contribution in [0.4, 0.5) is 16.2 Å². The molecule has 2 heterocycles. The fourth-order valence-electron chi connectivity index (χ4n) is 4.15. The normalized spacial score (nSPS) is 20.9. The zero-order chi connectivity index (χ0) is 19.2. The number of ether oxygens (including phenoxy) is 1. The van der Waals surface area contributed by atoms with Crippen molar-refractivity contribution in [2.45, 2.75) is 18.8 Å². The average molecular weight is 365 g/mol. The summed E-state index contributed by atoms with van der Waals surface area (Å²) >= 11 is 0. The number of carbonyl (C=O) groups is 2. The molecule has 0 radical (unpaired) electrons. The topological polar surface area (TPSA) is 61.9 Å². The molecule has 6 heteroatoms. The van der Waals surface area contributed by atoms with Gasteiger partial charge in [0, 0.05) is 31.5 Å². The van der Waals surface area contributed by atoms with Gasteiger partial charge in [0.2, 0.25) is 5.91 Å². The number of likely N-dealkylation sites (tertiary alicyclic amines) is 1. The van der Waals surface area contributed by atoms with E-state index >= 15 is 0 Å². The van der Waals surface area contributed by atoms with Gasteiger partial charge in [0.05, 0.1) is 12.5 Å². The molecule has 1 saturated heterocycles. The first kappa shape index (κ1) is 17.4. The summed E-state index contributed by atoms with van der Waals surface area (Å²) in [6.45, 7) is 2.86. The Labute approximate surface area is 158 Å². The minimum Gasteiger partial charge on any atom is -0.497 e. The van der Waals surface area contributed by atoms with E-state index < -0.39 is 5.41 Å².